The first-order valence-corrected chi connectivity index (χ1v) is 11.2. The number of anilines is 1. The van der Waals surface area contributed by atoms with E-state index >= 15 is 0 Å². The van der Waals surface area contributed by atoms with Crippen LogP contribution in [0.1, 0.15) is 24.1 Å². The maximum atomic E-state index is 13.6. The van der Waals surface area contributed by atoms with Crippen molar-refractivity contribution in [3.63, 3.8) is 0 Å². The summed E-state index contributed by atoms with van der Waals surface area (Å²) in [5, 5.41) is 10.7. The van der Waals surface area contributed by atoms with E-state index in [1.54, 1.807) is 30.3 Å². The average Bonchev–Trinajstić information content (AvgIpc) is 3.06. The fourth-order valence-corrected chi connectivity index (χ4v) is 5.34. The summed E-state index contributed by atoms with van der Waals surface area (Å²) >= 11 is 0. The minimum atomic E-state index is -4.21. The lowest BCUT2D eigenvalue weighted by Gasteiger charge is -2.27. The zero-order valence-electron chi connectivity index (χ0n) is 16.7. The molecule has 4 rings (SSSR count). The minimum Gasteiger partial charge on any atom is -0.502 e. The van der Waals surface area contributed by atoms with Crippen molar-refractivity contribution < 1.29 is 22.7 Å². The van der Waals surface area contributed by atoms with E-state index in [1.165, 1.54) is 41.3 Å². The van der Waals surface area contributed by atoms with E-state index in [0.29, 0.717) is 11.3 Å². The molecule has 0 aliphatic carbocycles. The van der Waals surface area contributed by atoms with Gasteiger partial charge in [0.25, 0.3) is 5.91 Å². The van der Waals surface area contributed by atoms with Crippen molar-refractivity contribution in [2.45, 2.75) is 24.3 Å². The van der Waals surface area contributed by atoms with Crippen LogP contribution in [0.2, 0.25) is 0 Å². The molecule has 1 aliphatic heterocycles. The van der Waals surface area contributed by atoms with Gasteiger partial charge in [0.15, 0.2) is 5.76 Å². The number of aliphatic hydroxyl groups excluding tert-OH is 1. The van der Waals surface area contributed by atoms with Crippen LogP contribution >= 0.6 is 0 Å². The molecular formula is C24H20FNO4S. The molecule has 0 spiro atoms. The van der Waals surface area contributed by atoms with Gasteiger partial charge in [0.05, 0.1) is 4.90 Å². The molecule has 0 saturated heterocycles. The van der Waals surface area contributed by atoms with Crippen molar-refractivity contribution in [1.29, 1.82) is 0 Å². The number of carbonyl (C=O) groups is 1. The number of aliphatic hydroxyl groups is 1. The molecule has 1 atom stereocenters. The maximum Gasteiger partial charge on any atom is 0.295 e. The standard InChI is InChI=1S/C24H20FNO4S/c1-2-16-8-14-19(15-9-16)26-21(17-10-12-18(25)13-11-17)23(22(27)24(26)28)31(29,30)20-6-4-3-5-7-20/h3-15,21,27H,2H2,1H3. The van der Waals surface area contributed by atoms with Crippen molar-refractivity contribution in [1.82, 2.24) is 0 Å². The highest BCUT2D eigenvalue weighted by Crippen LogP contribution is 2.44. The van der Waals surface area contributed by atoms with Crippen molar-refractivity contribution in [2.75, 3.05) is 4.90 Å². The smallest absolute Gasteiger partial charge is 0.295 e. The highest BCUT2D eigenvalue weighted by Gasteiger charge is 2.47. The second kappa shape index (κ2) is 8.00. The normalized spacial score (nSPS) is 16.8. The third-order valence-electron chi connectivity index (χ3n) is 5.31. The SMILES string of the molecule is CCc1ccc(N2C(=O)C(O)=C(S(=O)(=O)c3ccccc3)C2c2ccc(F)cc2)cc1. The molecule has 1 aliphatic rings. The lowest BCUT2D eigenvalue weighted by atomic mass is 10.1. The van der Waals surface area contributed by atoms with Crippen molar-refractivity contribution in [3.8, 4) is 0 Å². The van der Waals surface area contributed by atoms with Gasteiger partial charge in [0.2, 0.25) is 9.84 Å². The molecule has 1 heterocycles. The summed E-state index contributed by atoms with van der Waals surface area (Å²) < 4.78 is 40.5. The number of sulfone groups is 1. The highest BCUT2D eigenvalue weighted by atomic mass is 32.2. The van der Waals surface area contributed by atoms with Crippen molar-refractivity contribution in [2.24, 2.45) is 0 Å². The number of benzene rings is 3. The number of halogens is 1. The largest absolute Gasteiger partial charge is 0.502 e. The molecule has 0 radical (unpaired) electrons. The van der Waals surface area contributed by atoms with Gasteiger partial charge in [-0.05, 0) is 53.9 Å². The molecule has 3 aromatic rings. The fraction of sp³-hybridized carbons (Fsp3) is 0.125. The number of aryl methyl sites for hydroxylation is 1. The number of rotatable bonds is 5. The molecule has 3 aromatic carbocycles. The molecule has 5 nitrogen and oxygen atoms in total. The first kappa shape index (κ1) is 20.8. The minimum absolute atomic E-state index is 0.0420. The maximum absolute atomic E-state index is 13.6. The first-order valence-electron chi connectivity index (χ1n) is 9.76. The highest BCUT2D eigenvalue weighted by molar-refractivity contribution is 7.95. The third-order valence-corrected chi connectivity index (χ3v) is 7.20. The quantitative estimate of drug-likeness (QED) is 0.627. The van der Waals surface area contributed by atoms with Crippen LogP contribution in [0.3, 0.4) is 0 Å². The Bertz CT molecular complexity index is 1250. The summed E-state index contributed by atoms with van der Waals surface area (Å²) in [6.45, 7) is 2.00. The van der Waals surface area contributed by atoms with Crippen LogP contribution in [-0.4, -0.2) is 19.4 Å². The number of hydrogen-bond acceptors (Lipinski definition) is 4. The van der Waals surface area contributed by atoms with E-state index in [0.717, 1.165) is 12.0 Å². The van der Waals surface area contributed by atoms with Gasteiger partial charge >= 0.3 is 0 Å². The lowest BCUT2D eigenvalue weighted by molar-refractivity contribution is -0.117. The Balaban J connectivity index is 1.92. The van der Waals surface area contributed by atoms with E-state index in [2.05, 4.69) is 0 Å². The molecule has 0 bridgehead atoms. The molecule has 0 fully saturated rings. The van der Waals surface area contributed by atoms with Crippen LogP contribution in [0.25, 0.3) is 0 Å². The van der Waals surface area contributed by atoms with E-state index in [-0.39, 0.29) is 4.90 Å². The van der Waals surface area contributed by atoms with Crippen LogP contribution in [0.4, 0.5) is 10.1 Å². The van der Waals surface area contributed by atoms with Crippen molar-refractivity contribution >= 4 is 21.4 Å². The molecule has 1 amide bonds. The monoisotopic (exact) mass is 437 g/mol. The van der Waals surface area contributed by atoms with Gasteiger partial charge in [-0.25, -0.2) is 12.8 Å². The van der Waals surface area contributed by atoms with Gasteiger partial charge in [-0.1, -0.05) is 49.4 Å². The molecule has 31 heavy (non-hydrogen) atoms. The predicted octanol–water partition coefficient (Wildman–Crippen LogP) is 4.72. The molecular weight excluding hydrogens is 417 g/mol. The van der Waals surface area contributed by atoms with E-state index in [9.17, 15) is 22.7 Å². The second-order valence-electron chi connectivity index (χ2n) is 7.18. The molecule has 158 valence electrons. The van der Waals surface area contributed by atoms with Gasteiger partial charge in [0.1, 0.15) is 16.8 Å². The summed E-state index contributed by atoms with van der Waals surface area (Å²) in [4.78, 5) is 13.8. The molecule has 1 unspecified atom stereocenters. The molecule has 1 N–H and O–H groups in total. The number of amides is 1. The third kappa shape index (κ3) is 3.61. The molecule has 0 aromatic heterocycles. The number of nitrogens with zero attached hydrogens (tertiary/aromatic N) is 1. The fourth-order valence-electron chi connectivity index (χ4n) is 3.69. The van der Waals surface area contributed by atoms with E-state index in [4.69, 9.17) is 0 Å². The summed E-state index contributed by atoms with van der Waals surface area (Å²) in [7, 11) is -4.21. The second-order valence-corrected chi connectivity index (χ2v) is 9.10. The van der Waals surface area contributed by atoms with Gasteiger partial charge < -0.3 is 5.11 Å². The summed E-state index contributed by atoms with van der Waals surface area (Å²) in [6, 6.07) is 18.8. The van der Waals surface area contributed by atoms with Crippen LogP contribution in [0, 0.1) is 5.82 Å². The summed E-state index contributed by atoms with van der Waals surface area (Å²) in [5.74, 6) is -2.15. The Kier molecular flexibility index (Phi) is 5.37. The predicted molar refractivity (Wildman–Crippen MR) is 116 cm³/mol. The zero-order valence-corrected chi connectivity index (χ0v) is 17.5. The molecule has 7 heteroatoms. The van der Waals surface area contributed by atoms with Gasteiger partial charge in [-0.15, -0.1) is 0 Å². The Morgan fingerprint density at radius 2 is 1.55 bits per heavy atom. The van der Waals surface area contributed by atoms with Gasteiger partial charge in [-0.2, -0.15) is 0 Å². The average molecular weight is 437 g/mol. The van der Waals surface area contributed by atoms with Crippen LogP contribution in [-0.2, 0) is 21.1 Å². The topological polar surface area (TPSA) is 74.7 Å². The van der Waals surface area contributed by atoms with Gasteiger partial charge in [-0.3, -0.25) is 9.69 Å². The van der Waals surface area contributed by atoms with Crippen LogP contribution < -0.4 is 4.90 Å². The Labute approximate surface area is 180 Å². The Morgan fingerprint density at radius 3 is 2.13 bits per heavy atom. The van der Waals surface area contributed by atoms with Crippen LogP contribution in [0.15, 0.2) is 94.4 Å². The number of hydrogen-bond donors (Lipinski definition) is 1. The molecule has 0 saturated carbocycles. The lowest BCUT2D eigenvalue weighted by Crippen LogP contribution is -2.31. The summed E-state index contributed by atoms with van der Waals surface area (Å²) in [6.07, 6.45) is 0.798. The summed E-state index contributed by atoms with van der Waals surface area (Å²) in [5.41, 5.74) is 1.84. The van der Waals surface area contributed by atoms with Crippen molar-refractivity contribution in [3.05, 3.63) is 106 Å². The Hall–Kier alpha value is -3.45. The van der Waals surface area contributed by atoms with E-state index < -0.39 is 38.3 Å². The number of carbonyl (C=O) groups excluding carboxylic acids is 1. The Morgan fingerprint density at radius 1 is 0.935 bits per heavy atom. The zero-order chi connectivity index (χ0) is 22.2. The first-order chi connectivity index (χ1) is 14.8. The van der Waals surface area contributed by atoms with E-state index in [1.807, 2.05) is 19.1 Å². The van der Waals surface area contributed by atoms with Gasteiger partial charge in [0, 0.05) is 5.69 Å². The van der Waals surface area contributed by atoms with Crippen LogP contribution in [0.5, 0.6) is 0 Å².